The number of hydrogen-bond acceptors (Lipinski definition) is 19. The van der Waals surface area contributed by atoms with Crippen molar-refractivity contribution in [3.63, 3.8) is 0 Å². The van der Waals surface area contributed by atoms with Crippen LogP contribution in [0.3, 0.4) is 0 Å². The van der Waals surface area contributed by atoms with Crippen LogP contribution in [0.4, 0.5) is 28.4 Å². The predicted molar refractivity (Wildman–Crippen MR) is 572 cm³/mol. The van der Waals surface area contributed by atoms with Crippen LogP contribution in [0.2, 0.25) is 0 Å². The molecule has 5 heterocycles. The van der Waals surface area contributed by atoms with Gasteiger partial charge in [-0.05, 0) is 256 Å². The number of anilines is 5. The Morgan fingerprint density at radius 3 is 0.887 bits per heavy atom. The molecule has 1 fully saturated rings. The number of nitrogens with zero attached hydrogens (tertiary/aromatic N) is 9. The van der Waals surface area contributed by atoms with Crippen molar-refractivity contribution in [3.8, 4) is 109 Å². The third-order valence-corrected chi connectivity index (χ3v) is 28.8. The summed E-state index contributed by atoms with van der Waals surface area (Å²) in [4.78, 5) is 0. The Hall–Kier alpha value is -14.4. The van der Waals surface area contributed by atoms with Gasteiger partial charge in [0.1, 0.15) is 53.0 Å². The van der Waals surface area contributed by atoms with Crippen molar-refractivity contribution in [3.05, 3.63) is 241 Å². The first-order chi connectivity index (χ1) is 67.6. The van der Waals surface area contributed by atoms with E-state index in [0.29, 0.717) is 88.4 Å². The molecule has 142 heavy (non-hydrogen) atoms. The van der Waals surface area contributed by atoms with Crippen LogP contribution in [0.15, 0.2) is 218 Å². The van der Waals surface area contributed by atoms with Crippen molar-refractivity contribution in [2.24, 2.45) is 11.8 Å². The molecule has 5 aromatic heterocycles. The van der Waals surface area contributed by atoms with Gasteiger partial charge in [-0.25, -0.2) is 42.1 Å². The van der Waals surface area contributed by atoms with Crippen LogP contribution in [-0.2, 0) is 63.2 Å². The molecule has 1 aliphatic rings. The van der Waals surface area contributed by atoms with Crippen molar-refractivity contribution in [1.82, 2.24) is 22.8 Å². The van der Waals surface area contributed by atoms with Gasteiger partial charge >= 0.3 is 0 Å². The van der Waals surface area contributed by atoms with E-state index in [2.05, 4.69) is 144 Å². The van der Waals surface area contributed by atoms with Crippen molar-refractivity contribution >= 4 is 133 Å². The Morgan fingerprint density at radius 1 is 0.338 bits per heavy atom. The van der Waals surface area contributed by atoms with Crippen LogP contribution in [0.5, 0.6) is 28.7 Å². The number of nitriles is 4. The maximum Gasteiger partial charge on any atom is 0.232 e. The summed E-state index contributed by atoms with van der Waals surface area (Å²) in [5.41, 5.74) is 18.8. The molecule has 29 nitrogen and oxygen atoms in total. The highest BCUT2D eigenvalue weighted by Gasteiger charge is 2.29. The summed E-state index contributed by atoms with van der Waals surface area (Å²) in [6, 6.07) is 77.6. The fraction of sp³-hybridized carbons (Fsp3) is 0.315. The second-order valence-electron chi connectivity index (χ2n) is 35.6. The molecule has 0 aliphatic heterocycles. The van der Waals surface area contributed by atoms with Crippen LogP contribution < -0.4 is 47.3 Å². The molecule has 0 unspecified atom stereocenters. The zero-order valence-electron chi connectivity index (χ0n) is 83.1. The van der Waals surface area contributed by atoms with Crippen molar-refractivity contribution in [1.29, 1.82) is 21.0 Å². The number of fused-ring (bicyclic) bond motifs is 5. The first-order valence-corrected chi connectivity index (χ1v) is 55.7. The molecule has 0 radical (unpaired) electrons. The molecule has 0 amide bonds. The highest BCUT2D eigenvalue weighted by molar-refractivity contribution is 7.93. The van der Waals surface area contributed by atoms with Gasteiger partial charge < -0.3 is 46.5 Å². The minimum absolute atomic E-state index is 0.0107. The van der Waals surface area contributed by atoms with Crippen LogP contribution in [0, 0.1) is 57.2 Å². The van der Waals surface area contributed by atoms with Gasteiger partial charge in [0.2, 0.25) is 50.1 Å². The topological polar surface area (TPSA) is 397 Å². The minimum Gasteiger partial charge on any atom is -0.497 e. The van der Waals surface area contributed by atoms with Gasteiger partial charge in [-0.3, -0.25) is 23.6 Å². The van der Waals surface area contributed by atoms with Gasteiger partial charge in [-0.2, -0.15) is 21.0 Å². The smallest absolute Gasteiger partial charge is 0.232 e. The Kier molecular flexibility index (Phi) is 34.4. The van der Waals surface area contributed by atoms with Gasteiger partial charge in [0.05, 0.1) is 136 Å². The Labute approximate surface area is 833 Å². The normalized spacial score (nSPS) is 12.2. The number of nitrogens with one attached hydrogen (secondary N) is 5. The number of ether oxygens (including phenoxy) is 5. The lowest BCUT2D eigenvalue weighted by molar-refractivity contribution is 0.323. The Balaban J connectivity index is 0.000000159. The van der Waals surface area contributed by atoms with Crippen LogP contribution in [0.25, 0.3) is 111 Å². The summed E-state index contributed by atoms with van der Waals surface area (Å²) in [6.45, 7) is 30.7. The second kappa shape index (κ2) is 45.9. The van der Waals surface area contributed by atoms with Gasteiger partial charge in [-0.15, -0.1) is 0 Å². The molecule has 10 aromatic carbocycles. The Morgan fingerprint density at radius 2 is 0.613 bits per heavy atom. The lowest BCUT2D eigenvalue weighted by Gasteiger charge is -2.30. The monoisotopic (exact) mass is 2010 g/mol. The van der Waals surface area contributed by atoms with Gasteiger partial charge in [0.25, 0.3) is 0 Å². The molecule has 5 N–H and O–H groups in total. The predicted octanol–water partition coefficient (Wildman–Crippen LogP) is 23.5. The van der Waals surface area contributed by atoms with E-state index in [1.165, 1.54) is 35.9 Å². The quantitative estimate of drug-likeness (QED) is 0.0255. The summed E-state index contributed by atoms with van der Waals surface area (Å²) in [5, 5.41) is 44.2. The molecule has 0 bridgehead atoms. The van der Waals surface area contributed by atoms with Crippen LogP contribution >= 0.6 is 0 Å². The zero-order valence-corrected chi connectivity index (χ0v) is 87.2. The summed E-state index contributed by atoms with van der Waals surface area (Å²) in [7, 11) is -13.4. The Bertz CT molecular complexity index is 7890. The average Bonchev–Trinajstić information content (AvgIpc) is 1.61. The molecule has 0 saturated heterocycles. The maximum absolute atomic E-state index is 11.8. The van der Waals surface area contributed by atoms with Crippen molar-refractivity contribution in [2.75, 3.05) is 87.4 Å². The number of rotatable bonds is 33. The number of methoxy groups -OCH3 is 2. The molecule has 0 spiro atoms. The molecule has 15 aromatic rings. The number of aromatic nitrogens is 5. The van der Waals surface area contributed by atoms with Crippen molar-refractivity contribution in [2.45, 2.75) is 147 Å². The summed E-state index contributed by atoms with van der Waals surface area (Å²) in [5.74, 6) is 4.72. The number of sulfonamides is 5. The molecule has 1 aliphatic carbocycles. The SMILES string of the molecule is CCOc1ccc2c(C#N)c(-c3ccc(NS(=O)(=O)CC)cc3)n(CC(C)C)c2c1.CCOc1ccc2c(C#N)c(-c3ccc(NS(C)(=O)=O)cc3)n(CC(C)C)c2c1.CCOc1ccc2cc(-c3ccc(NS(=O)(=O)CC)cc3)n(C3CCC3)c2c1.CCS(=O)(=O)Nc1ccc(-c2c(C#N)c3ccc(OC)cc3n2C(C)C)cc1.COc1ccc2c(C#N)c(-c3ccc(NS(C)(=O)=O)cc3)n(C(C)C)c2c1. The highest BCUT2D eigenvalue weighted by Crippen LogP contribution is 2.46. The van der Waals surface area contributed by atoms with E-state index in [1.807, 2.05) is 172 Å². The van der Waals surface area contributed by atoms with E-state index in [-0.39, 0.29) is 29.3 Å². The lowest BCUT2D eigenvalue weighted by atomic mass is 9.92. The van der Waals surface area contributed by atoms with Crippen molar-refractivity contribution < 1.29 is 65.8 Å². The fourth-order valence-electron chi connectivity index (χ4n) is 17.2. The van der Waals surface area contributed by atoms with E-state index < -0.39 is 50.1 Å². The van der Waals surface area contributed by atoms with E-state index in [4.69, 9.17) is 23.7 Å². The third-order valence-electron chi connectivity index (χ3n) is 23.6. The molecule has 0 atom stereocenters. The molecule has 16 rings (SSSR count). The standard InChI is InChI=1S/C23H27N3O3S.C22H25N3O3S.C22H26N2O3S.C21H23N3O3S.C20H21N3O3S/c1-5-29-19-11-12-20-21(14-24)23(26(15-16(3)4)22(20)13-19)17-7-9-18(10-8-17)25-30(27,28)6-2;1-5-28-18-10-11-19-20(13-23)22(25(14-15(2)3)21(19)12-18)16-6-8-17(9-7-16)24-29(4,26)27;1-3-27-20-13-10-17-14-21(24(22(17)15-20)19-6-5-7-19)16-8-11-18(12-9-16)23-28(25,26)4-2;1-5-28(25,26)23-16-8-6-15(7-9-16)21-19(13-22)18-11-10-17(27-4)12-20(18)24(21)14(2)3;1-13(2)23-19-11-16(26-3)9-10-17(19)18(12-21)20(23)14-5-7-15(8-6-14)22-27(4,24)25/h7-13,16,25H,5-6,15H2,1-4H3;6-12,15,24H,5,14H2,1-4H3;8-15,19,23H,3-7H2,1-2H3;6-12,14,23H,5H2,1-4H3;5-11,13,22H,1-4H3. The summed E-state index contributed by atoms with van der Waals surface area (Å²) >= 11 is 0. The van der Waals surface area contributed by atoms with Gasteiger partial charge in [-0.1, -0.05) is 88.4 Å². The summed E-state index contributed by atoms with van der Waals surface area (Å²) < 4.78 is 168. The van der Waals surface area contributed by atoms with E-state index in [1.54, 1.807) is 83.5 Å². The second-order valence-corrected chi connectivity index (χ2v) is 45.1. The van der Waals surface area contributed by atoms with E-state index in [9.17, 15) is 63.1 Å². The highest BCUT2D eigenvalue weighted by atomic mass is 32.2. The van der Waals surface area contributed by atoms with Gasteiger partial charge in [0, 0.05) is 123 Å². The van der Waals surface area contributed by atoms with Crippen LogP contribution in [-0.4, -0.2) is 129 Å². The third kappa shape index (κ3) is 25.3. The zero-order chi connectivity index (χ0) is 103. The van der Waals surface area contributed by atoms with E-state index in [0.717, 1.165) is 149 Å². The first-order valence-electron chi connectivity index (χ1n) is 47.0. The molecular formula is C108H122N14O15S5. The van der Waals surface area contributed by atoms with E-state index >= 15 is 0 Å². The first kappa shape index (κ1) is 106. The average molecular weight is 2020 g/mol. The minimum atomic E-state index is -3.34. The number of hydrogen-bond donors (Lipinski definition) is 5. The lowest BCUT2D eigenvalue weighted by Crippen LogP contribution is -2.17. The van der Waals surface area contributed by atoms with Gasteiger partial charge in [0.15, 0.2) is 0 Å². The summed E-state index contributed by atoms with van der Waals surface area (Å²) in [6.07, 6.45) is 5.85. The maximum atomic E-state index is 11.8. The van der Waals surface area contributed by atoms with Crippen LogP contribution in [0.1, 0.15) is 157 Å². The largest absolute Gasteiger partial charge is 0.497 e. The molecule has 1 saturated carbocycles. The molecule has 34 heteroatoms. The molecule has 744 valence electrons. The number of benzene rings is 10. The molecular weight excluding hydrogens is 1890 g/mol. The fourth-order valence-corrected chi connectivity index (χ4v) is 20.3.